The molecule has 0 aliphatic carbocycles. The molecule has 0 heterocycles. The summed E-state index contributed by atoms with van der Waals surface area (Å²) in [6, 6.07) is 12.7. The number of hydrogen-bond acceptors (Lipinski definition) is 1. The molecule has 2 rings (SSSR count). The van der Waals surface area contributed by atoms with E-state index in [1.54, 1.807) is 18.2 Å². The van der Waals surface area contributed by atoms with Gasteiger partial charge in [-0.2, -0.15) is 0 Å². The molecule has 0 spiro atoms. The van der Waals surface area contributed by atoms with Crippen LogP contribution in [0.4, 0.5) is 5.69 Å². The summed E-state index contributed by atoms with van der Waals surface area (Å²) < 4.78 is 0. The third kappa shape index (κ3) is 3.99. The normalized spacial score (nSPS) is 12.0. The topological polar surface area (TPSA) is 29.1 Å². The Morgan fingerprint density at radius 2 is 1.76 bits per heavy atom. The second-order valence-electron chi connectivity index (χ2n) is 5.01. The molecule has 110 valence electrons. The Kier molecular flexibility index (Phi) is 5.27. The van der Waals surface area contributed by atoms with Crippen molar-refractivity contribution in [2.75, 3.05) is 5.32 Å². The van der Waals surface area contributed by atoms with Crippen molar-refractivity contribution in [2.24, 2.45) is 0 Å². The molecule has 0 aromatic heterocycles. The van der Waals surface area contributed by atoms with Crippen molar-refractivity contribution < 1.29 is 4.79 Å². The highest BCUT2D eigenvalue weighted by Gasteiger charge is 2.09. The van der Waals surface area contributed by atoms with Gasteiger partial charge in [0.05, 0.1) is 10.0 Å². The molecule has 0 bridgehead atoms. The minimum atomic E-state index is -0.204. The number of hydrogen-bond donors (Lipinski definition) is 1. The predicted molar refractivity (Wildman–Crippen MR) is 89.6 cm³/mol. The third-order valence-electron chi connectivity index (χ3n) is 3.53. The van der Waals surface area contributed by atoms with Gasteiger partial charge in [-0.1, -0.05) is 49.2 Å². The highest BCUT2D eigenvalue weighted by atomic mass is 35.5. The lowest BCUT2D eigenvalue weighted by Gasteiger charge is -2.10. The van der Waals surface area contributed by atoms with Crippen molar-refractivity contribution in [3.8, 4) is 0 Å². The van der Waals surface area contributed by atoms with Gasteiger partial charge in [0.1, 0.15) is 0 Å². The average Bonchev–Trinajstić information content (AvgIpc) is 2.50. The molecule has 2 aromatic rings. The molecule has 4 heteroatoms. The summed E-state index contributed by atoms with van der Waals surface area (Å²) in [5.74, 6) is 0.315. The van der Waals surface area contributed by atoms with Crippen molar-refractivity contribution >= 4 is 34.8 Å². The van der Waals surface area contributed by atoms with Gasteiger partial charge in [-0.05, 0) is 48.2 Å². The molecule has 0 aliphatic rings. The first-order valence-corrected chi connectivity index (χ1v) is 7.63. The quantitative estimate of drug-likeness (QED) is 0.762. The van der Waals surface area contributed by atoms with Gasteiger partial charge < -0.3 is 5.32 Å². The van der Waals surface area contributed by atoms with E-state index in [1.165, 1.54) is 5.56 Å². The van der Waals surface area contributed by atoms with Crippen LogP contribution in [0.25, 0.3) is 0 Å². The van der Waals surface area contributed by atoms with Gasteiger partial charge in [0.2, 0.25) is 0 Å². The van der Waals surface area contributed by atoms with Gasteiger partial charge >= 0.3 is 0 Å². The SMILES string of the molecule is CC[C@H](C)c1ccc(NC(=O)c2ccc(Cl)c(Cl)c2)cc1. The van der Waals surface area contributed by atoms with E-state index in [0.29, 0.717) is 21.5 Å². The number of anilines is 1. The maximum Gasteiger partial charge on any atom is 0.255 e. The summed E-state index contributed by atoms with van der Waals surface area (Å²) in [5.41, 5.74) is 2.51. The molecule has 0 radical (unpaired) electrons. The van der Waals surface area contributed by atoms with Gasteiger partial charge in [-0.15, -0.1) is 0 Å². The van der Waals surface area contributed by atoms with Crippen LogP contribution < -0.4 is 5.32 Å². The predicted octanol–water partition coefficient (Wildman–Crippen LogP) is 5.76. The average molecular weight is 322 g/mol. The van der Waals surface area contributed by atoms with Gasteiger partial charge in [-0.3, -0.25) is 4.79 Å². The van der Waals surface area contributed by atoms with Crippen molar-refractivity contribution in [1.29, 1.82) is 0 Å². The van der Waals surface area contributed by atoms with Crippen molar-refractivity contribution in [1.82, 2.24) is 0 Å². The number of halogens is 2. The number of amides is 1. The molecule has 2 nitrogen and oxygen atoms in total. The van der Waals surface area contributed by atoms with Crippen LogP contribution in [0.1, 0.15) is 42.1 Å². The van der Waals surface area contributed by atoms with Gasteiger partial charge in [0.25, 0.3) is 5.91 Å². The molecule has 21 heavy (non-hydrogen) atoms. The summed E-state index contributed by atoms with van der Waals surface area (Å²) in [6.45, 7) is 4.34. The first-order chi connectivity index (χ1) is 10.0. The molecule has 1 N–H and O–H groups in total. The maximum absolute atomic E-state index is 12.1. The number of benzene rings is 2. The van der Waals surface area contributed by atoms with E-state index in [4.69, 9.17) is 23.2 Å². The van der Waals surface area contributed by atoms with Crippen molar-refractivity contribution in [3.63, 3.8) is 0 Å². The largest absolute Gasteiger partial charge is 0.322 e. The Bertz CT molecular complexity index is 638. The van der Waals surface area contributed by atoms with E-state index < -0.39 is 0 Å². The standard InChI is InChI=1S/C17H17Cl2NO/c1-3-11(2)12-4-7-14(8-5-12)20-17(21)13-6-9-15(18)16(19)10-13/h4-11H,3H2,1-2H3,(H,20,21)/t11-/m0/s1. The first-order valence-electron chi connectivity index (χ1n) is 6.87. The van der Waals surface area contributed by atoms with Crippen LogP contribution in [0.15, 0.2) is 42.5 Å². The van der Waals surface area contributed by atoms with Crippen LogP contribution in [-0.4, -0.2) is 5.91 Å². The summed E-state index contributed by atoms with van der Waals surface area (Å²) in [5, 5.41) is 3.66. The number of rotatable bonds is 4. The summed E-state index contributed by atoms with van der Waals surface area (Å²) in [6.07, 6.45) is 1.09. The zero-order valence-corrected chi connectivity index (χ0v) is 13.5. The molecule has 0 saturated heterocycles. The Morgan fingerprint density at radius 1 is 1.10 bits per heavy atom. The number of carbonyl (C=O) groups excluding carboxylic acids is 1. The van der Waals surface area contributed by atoms with E-state index in [0.717, 1.165) is 12.1 Å². The zero-order valence-electron chi connectivity index (χ0n) is 12.0. The van der Waals surface area contributed by atoms with Crippen LogP contribution in [-0.2, 0) is 0 Å². The molecular weight excluding hydrogens is 305 g/mol. The minimum absolute atomic E-state index is 0.204. The minimum Gasteiger partial charge on any atom is -0.322 e. The van der Waals surface area contributed by atoms with Crippen molar-refractivity contribution in [3.05, 3.63) is 63.6 Å². The lowest BCUT2D eigenvalue weighted by Crippen LogP contribution is -2.11. The summed E-state index contributed by atoms with van der Waals surface area (Å²) in [7, 11) is 0. The molecule has 1 atom stereocenters. The summed E-state index contributed by atoms with van der Waals surface area (Å²) >= 11 is 11.8. The van der Waals surface area contributed by atoms with Crippen LogP contribution in [0.3, 0.4) is 0 Å². The Morgan fingerprint density at radius 3 is 2.33 bits per heavy atom. The van der Waals surface area contributed by atoms with E-state index in [-0.39, 0.29) is 5.91 Å². The molecular formula is C17H17Cl2NO. The zero-order chi connectivity index (χ0) is 15.4. The molecule has 0 aliphatic heterocycles. The van der Waals surface area contributed by atoms with Gasteiger partial charge in [0.15, 0.2) is 0 Å². The molecule has 1 amide bonds. The first kappa shape index (κ1) is 15.9. The van der Waals surface area contributed by atoms with Crippen LogP contribution >= 0.6 is 23.2 Å². The van der Waals surface area contributed by atoms with Crippen LogP contribution in [0, 0.1) is 0 Å². The Labute approximate surface area is 135 Å². The maximum atomic E-state index is 12.1. The second kappa shape index (κ2) is 6.97. The molecule has 2 aromatic carbocycles. The summed E-state index contributed by atoms with van der Waals surface area (Å²) in [4.78, 5) is 12.1. The van der Waals surface area contributed by atoms with E-state index >= 15 is 0 Å². The smallest absolute Gasteiger partial charge is 0.255 e. The highest BCUT2D eigenvalue weighted by Crippen LogP contribution is 2.24. The fourth-order valence-corrected chi connectivity index (χ4v) is 2.27. The lowest BCUT2D eigenvalue weighted by molar-refractivity contribution is 0.102. The van der Waals surface area contributed by atoms with Crippen LogP contribution in [0.5, 0.6) is 0 Å². The van der Waals surface area contributed by atoms with Crippen LogP contribution in [0.2, 0.25) is 10.0 Å². The van der Waals surface area contributed by atoms with Gasteiger partial charge in [-0.25, -0.2) is 0 Å². The molecule has 0 unspecified atom stereocenters. The lowest BCUT2D eigenvalue weighted by atomic mass is 9.98. The monoisotopic (exact) mass is 321 g/mol. The fraction of sp³-hybridized carbons (Fsp3) is 0.235. The number of carbonyl (C=O) groups is 1. The van der Waals surface area contributed by atoms with E-state index in [1.807, 2.05) is 24.3 Å². The molecule has 0 fully saturated rings. The molecule has 0 saturated carbocycles. The third-order valence-corrected chi connectivity index (χ3v) is 4.27. The van der Waals surface area contributed by atoms with E-state index in [2.05, 4.69) is 19.2 Å². The van der Waals surface area contributed by atoms with E-state index in [9.17, 15) is 4.79 Å². The number of nitrogens with one attached hydrogen (secondary N) is 1. The highest BCUT2D eigenvalue weighted by molar-refractivity contribution is 6.42. The van der Waals surface area contributed by atoms with Crippen molar-refractivity contribution in [2.45, 2.75) is 26.2 Å². The Balaban J connectivity index is 2.10. The Hall–Kier alpha value is -1.51. The van der Waals surface area contributed by atoms with Gasteiger partial charge in [0, 0.05) is 11.3 Å². The second-order valence-corrected chi connectivity index (χ2v) is 5.83. The fourth-order valence-electron chi connectivity index (χ4n) is 1.97.